The van der Waals surface area contributed by atoms with Crippen molar-refractivity contribution < 1.29 is 25.6 Å². The molecule has 2 aromatic carbocycles. The SMILES string of the molecule is CCn1ncc(NS(=O)(=O)c2cn(S(=O)(=O)c3ccccc3)c3cc(C(F)F)ccc23)c1C#N. The molecule has 0 radical (unpaired) electrons. The third kappa shape index (κ3) is 3.91. The number of benzene rings is 2. The molecule has 2 heterocycles. The predicted molar refractivity (Wildman–Crippen MR) is 119 cm³/mol. The number of fused-ring (bicyclic) bond motifs is 1. The highest BCUT2D eigenvalue weighted by Gasteiger charge is 2.28. The van der Waals surface area contributed by atoms with Crippen molar-refractivity contribution in [2.45, 2.75) is 29.7 Å². The zero-order valence-corrected chi connectivity index (χ0v) is 19.2. The van der Waals surface area contributed by atoms with E-state index in [9.17, 15) is 30.9 Å². The lowest BCUT2D eigenvalue weighted by Crippen LogP contribution is -2.15. The first kappa shape index (κ1) is 23.4. The number of anilines is 1. The minimum absolute atomic E-state index is 0.0355. The minimum atomic E-state index is -4.45. The highest BCUT2D eigenvalue weighted by atomic mass is 32.2. The lowest BCUT2D eigenvalue weighted by Gasteiger charge is -2.08. The summed E-state index contributed by atoms with van der Waals surface area (Å²) in [5, 5.41) is 13.2. The van der Waals surface area contributed by atoms with Gasteiger partial charge in [-0.05, 0) is 25.1 Å². The van der Waals surface area contributed by atoms with Crippen molar-refractivity contribution in [1.82, 2.24) is 13.8 Å². The molecule has 176 valence electrons. The number of sulfonamides is 1. The van der Waals surface area contributed by atoms with Crippen LogP contribution in [0.1, 0.15) is 24.6 Å². The molecule has 0 aliphatic rings. The van der Waals surface area contributed by atoms with Crippen LogP contribution in [0.3, 0.4) is 0 Å². The van der Waals surface area contributed by atoms with Crippen LogP contribution in [0.4, 0.5) is 14.5 Å². The molecule has 1 N–H and O–H groups in total. The number of nitriles is 1. The number of halogens is 2. The van der Waals surface area contributed by atoms with Gasteiger partial charge in [0.2, 0.25) is 0 Å². The summed E-state index contributed by atoms with van der Waals surface area (Å²) in [6.45, 7) is 2.03. The maximum Gasteiger partial charge on any atom is 0.268 e. The van der Waals surface area contributed by atoms with Gasteiger partial charge in [-0.3, -0.25) is 9.40 Å². The molecule has 13 heteroatoms. The molecule has 2 aromatic heterocycles. The van der Waals surface area contributed by atoms with E-state index >= 15 is 0 Å². The van der Waals surface area contributed by atoms with Crippen LogP contribution in [0.15, 0.2) is 70.7 Å². The summed E-state index contributed by atoms with van der Waals surface area (Å²) in [5.74, 6) is 0. The molecule has 0 atom stereocenters. The van der Waals surface area contributed by atoms with Gasteiger partial charge in [0.1, 0.15) is 16.7 Å². The molecule has 0 spiro atoms. The van der Waals surface area contributed by atoms with Gasteiger partial charge in [-0.15, -0.1) is 0 Å². The Bertz CT molecular complexity index is 1640. The number of aryl methyl sites for hydroxylation is 1. The van der Waals surface area contributed by atoms with Crippen molar-refractivity contribution in [3.63, 3.8) is 0 Å². The fourth-order valence-corrected chi connectivity index (χ4v) is 6.16. The van der Waals surface area contributed by atoms with E-state index in [1.54, 1.807) is 13.0 Å². The second kappa shape index (κ2) is 8.54. The van der Waals surface area contributed by atoms with Crippen LogP contribution in [-0.2, 0) is 26.6 Å². The Morgan fingerprint density at radius 1 is 1.12 bits per heavy atom. The summed E-state index contributed by atoms with van der Waals surface area (Å²) in [5.41, 5.74) is -0.832. The average molecular weight is 506 g/mol. The maximum absolute atomic E-state index is 13.4. The lowest BCUT2D eigenvalue weighted by molar-refractivity contribution is 0.151. The van der Waals surface area contributed by atoms with Crippen LogP contribution in [0.25, 0.3) is 10.9 Å². The molecular formula is C21H17F2N5O4S2. The van der Waals surface area contributed by atoms with E-state index in [1.807, 2.05) is 6.07 Å². The molecule has 0 fully saturated rings. The zero-order valence-electron chi connectivity index (χ0n) is 17.6. The molecule has 0 aliphatic heterocycles. The van der Waals surface area contributed by atoms with Gasteiger partial charge in [-0.25, -0.2) is 29.6 Å². The number of alkyl halides is 2. The highest BCUT2D eigenvalue weighted by molar-refractivity contribution is 7.93. The maximum atomic E-state index is 13.4. The Hall–Kier alpha value is -3.76. The van der Waals surface area contributed by atoms with Crippen molar-refractivity contribution in [3.05, 3.63) is 72.2 Å². The van der Waals surface area contributed by atoms with Crippen molar-refractivity contribution in [1.29, 1.82) is 5.26 Å². The summed E-state index contributed by atoms with van der Waals surface area (Å²) in [7, 11) is -8.77. The van der Waals surface area contributed by atoms with Crippen LogP contribution in [0.5, 0.6) is 0 Å². The molecule has 0 unspecified atom stereocenters. The summed E-state index contributed by atoms with van der Waals surface area (Å²) in [6, 6.07) is 12.1. The second-order valence-corrected chi connectivity index (χ2v) is 10.6. The summed E-state index contributed by atoms with van der Waals surface area (Å²) in [6.07, 6.45) is -0.877. The van der Waals surface area contributed by atoms with Crippen LogP contribution in [0.2, 0.25) is 0 Å². The Morgan fingerprint density at radius 3 is 2.44 bits per heavy atom. The normalized spacial score (nSPS) is 12.2. The van der Waals surface area contributed by atoms with Gasteiger partial charge in [0, 0.05) is 23.7 Å². The number of rotatable bonds is 7. The largest absolute Gasteiger partial charge is 0.275 e. The Kier molecular flexibility index (Phi) is 5.88. The molecular weight excluding hydrogens is 488 g/mol. The Morgan fingerprint density at radius 2 is 1.82 bits per heavy atom. The number of aromatic nitrogens is 3. The molecule has 4 rings (SSSR count). The number of hydrogen-bond acceptors (Lipinski definition) is 6. The van der Waals surface area contributed by atoms with E-state index in [4.69, 9.17) is 0 Å². The Labute approximate surface area is 194 Å². The molecule has 0 bridgehead atoms. The second-order valence-electron chi connectivity index (χ2n) is 7.12. The first-order chi connectivity index (χ1) is 16.1. The van der Waals surface area contributed by atoms with E-state index in [2.05, 4.69) is 9.82 Å². The Balaban J connectivity index is 1.94. The standard InChI is InChI=1S/C21H17F2N5O4S2/c1-2-27-19(11-24)17(12-25-27)26-33(29,30)20-13-28(34(31,32)15-6-4-3-5-7-15)18-10-14(21(22)23)8-9-16(18)20/h3-10,12-13,21,26H,2H2,1H3. The van der Waals surface area contributed by atoms with Crippen molar-refractivity contribution in [2.75, 3.05) is 4.72 Å². The number of nitrogens with zero attached hydrogens (tertiary/aromatic N) is 4. The zero-order chi connectivity index (χ0) is 24.7. The molecule has 0 saturated carbocycles. The quantitative estimate of drug-likeness (QED) is 0.408. The van der Waals surface area contributed by atoms with Crippen LogP contribution < -0.4 is 4.72 Å². The van der Waals surface area contributed by atoms with Gasteiger partial charge in [0.15, 0.2) is 5.69 Å². The topological polar surface area (TPSA) is 127 Å². The third-order valence-corrected chi connectivity index (χ3v) is 8.17. The molecule has 0 saturated heterocycles. The smallest absolute Gasteiger partial charge is 0.268 e. The van der Waals surface area contributed by atoms with Gasteiger partial charge in [-0.2, -0.15) is 10.4 Å². The fraction of sp³-hybridized carbons (Fsp3) is 0.143. The van der Waals surface area contributed by atoms with Crippen molar-refractivity contribution >= 4 is 36.6 Å². The van der Waals surface area contributed by atoms with Crippen molar-refractivity contribution in [3.8, 4) is 6.07 Å². The van der Waals surface area contributed by atoms with E-state index < -0.39 is 36.9 Å². The molecule has 9 nitrogen and oxygen atoms in total. The van der Waals surface area contributed by atoms with Gasteiger partial charge < -0.3 is 0 Å². The van der Waals surface area contributed by atoms with E-state index in [-0.39, 0.29) is 27.2 Å². The lowest BCUT2D eigenvalue weighted by atomic mass is 10.2. The van der Waals surface area contributed by atoms with Gasteiger partial charge in [-0.1, -0.05) is 30.3 Å². The van der Waals surface area contributed by atoms with Crippen LogP contribution >= 0.6 is 0 Å². The van der Waals surface area contributed by atoms with E-state index in [0.717, 1.165) is 30.6 Å². The predicted octanol–water partition coefficient (Wildman–Crippen LogP) is 3.70. The minimum Gasteiger partial charge on any atom is -0.275 e. The summed E-state index contributed by atoms with van der Waals surface area (Å²) in [4.78, 5) is -0.613. The molecule has 4 aromatic rings. The van der Waals surface area contributed by atoms with Crippen LogP contribution in [-0.4, -0.2) is 30.6 Å². The average Bonchev–Trinajstić information content (AvgIpc) is 3.40. The molecule has 34 heavy (non-hydrogen) atoms. The van der Waals surface area contributed by atoms with Gasteiger partial charge >= 0.3 is 0 Å². The fourth-order valence-electron chi connectivity index (χ4n) is 3.46. The van der Waals surface area contributed by atoms with Crippen LogP contribution in [0, 0.1) is 11.3 Å². The highest BCUT2D eigenvalue weighted by Crippen LogP contribution is 2.33. The van der Waals surface area contributed by atoms with E-state index in [0.29, 0.717) is 10.5 Å². The number of nitrogens with one attached hydrogen (secondary N) is 1. The monoisotopic (exact) mass is 505 g/mol. The molecule has 0 aliphatic carbocycles. The van der Waals surface area contributed by atoms with E-state index in [1.165, 1.54) is 28.9 Å². The summed E-state index contributed by atoms with van der Waals surface area (Å²) >= 11 is 0. The molecule has 0 amide bonds. The third-order valence-electron chi connectivity index (χ3n) is 5.09. The summed E-state index contributed by atoms with van der Waals surface area (Å²) < 4.78 is 84.0. The van der Waals surface area contributed by atoms with Gasteiger partial charge in [0.25, 0.3) is 26.5 Å². The first-order valence-corrected chi connectivity index (χ1v) is 12.7. The first-order valence-electron chi connectivity index (χ1n) is 9.82. The number of hydrogen-bond donors (Lipinski definition) is 1. The van der Waals surface area contributed by atoms with Gasteiger partial charge in [0.05, 0.1) is 16.6 Å². The van der Waals surface area contributed by atoms with Crippen molar-refractivity contribution in [2.24, 2.45) is 0 Å².